The molecule has 0 amide bonds. The van der Waals surface area contributed by atoms with Gasteiger partial charge in [-0.3, -0.25) is 0 Å². The van der Waals surface area contributed by atoms with E-state index in [0.717, 1.165) is 45.2 Å². The van der Waals surface area contributed by atoms with E-state index in [0.29, 0.717) is 18.6 Å². The summed E-state index contributed by atoms with van der Waals surface area (Å²) in [6.07, 6.45) is 2.64. The zero-order valence-electron chi connectivity index (χ0n) is 19.8. The fraction of sp³-hybridized carbons (Fsp3) is 0.708. The van der Waals surface area contributed by atoms with Crippen LogP contribution in [-0.4, -0.2) is 50.3 Å². The molecule has 5 nitrogen and oxygen atoms in total. The molecule has 1 aromatic carbocycles. The fourth-order valence-corrected chi connectivity index (χ4v) is 4.00. The minimum absolute atomic E-state index is 0. The lowest BCUT2D eigenvalue weighted by Crippen LogP contribution is -2.47. The molecule has 0 spiro atoms. The van der Waals surface area contributed by atoms with Crippen molar-refractivity contribution in [2.75, 3.05) is 33.3 Å². The van der Waals surface area contributed by atoms with Gasteiger partial charge in [0.2, 0.25) is 0 Å². The molecule has 0 aromatic heterocycles. The largest absolute Gasteiger partial charge is 0.377 e. The molecule has 2 rings (SSSR count). The standard InChI is InChI=1S/C24H42N4O.HI/c1-7-25-23(27-17-21-13-10-14-29-22(21)24(3,4)5)26-16-19-11-9-12-20(15-19)18-28(6)8-2;/h9,11-12,15,21-22H,7-8,10,13-14,16-18H2,1-6H3,(H2,25,26,27);1H. The zero-order valence-corrected chi connectivity index (χ0v) is 22.2. The lowest BCUT2D eigenvalue weighted by atomic mass is 9.78. The summed E-state index contributed by atoms with van der Waals surface area (Å²) < 4.78 is 6.13. The molecule has 1 saturated heterocycles. The van der Waals surface area contributed by atoms with Crippen molar-refractivity contribution >= 4 is 29.9 Å². The van der Waals surface area contributed by atoms with Gasteiger partial charge in [-0.05, 0) is 49.9 Å². The van der Waals surface area contributed by atoms with Crippen molar-refractivity contribution in [3.8, 4) is 0 Å². The minimum Gasteiger partial charge on any atom is -0.377 e. The smallest absolute Gasteiger partial charge is 0.191 e. The van der Waals surface area contributed by atoms with Crippen LogP contribution in [0.3, 0.4) is 0 Å². The molecule has 1 aliphatic rings. The highest BCUT2D eigenvalue weighted by molar-refractivity contribution is 14.0. The van der Waals surface area contributed by atoms with Gasteiger partial charge in [-0.2, -0.15) is 0 Å². The lowest BCUT2D eigenvalue weighted by molar-refractivity contribution is -0.0835. The van der Waals surface area contributed by atoms with Gasteiger partial charge in [0, 0.05) is 32.2 Å². The lowest BCUT2D eigenvalue weighted by Gasteiger charge is -2.40. The van der Waals surface area contributed by atoms with E-state index in [1.165, 1.54) is 17.5 Å². The van der Waals surface area contributed by atoms with Crippen LogP contribution in [0, 0.1) is 11.3 Å². The van der Waals surface area contributed by atoms with Gasteiger partial charge in [0.05, 0.1) is 12.6 Å². The zero-order chi connectivity index (χ0) is 21.3. The predicted molar refractivity (Wildman–Crippen MR) is 139 cm³/mol. The molecule has 172 valence electrons. The summed E-state index contributed by atoms with van der Waals surface area (Å²) in [5.74, 6) is 1.40. The quantitative estimate of drug-likeness (QED) is 0.292. The maximum Gasteiger partial charge on any atom is 0.191 e. The molecule has 0 bridgehead atoms. The van der Waals surface area contributed by atoms with Crippen molar-refractivity contribution in [3.63, 3.8) is 0 Å². The Morgan fingerprint density at radius 3 is 2.60 bits per heavy atom. The SMILES string of the molecule is CCNC(=NCc1cccc(CN(C)CC)c1)NCC1CCCOC1C(C)(C)C.I. The molecule has 0 radical (unpaired) electrons. The van der Waals surface area contributed by atoms with Crippen molar-refractivity contribution in [1.29, 1.82) is 0 Å². The second-order valence-electron chi connectivity index (χ2n) is 9.29. The number of hydrogen-bond acceptors (Lipinski definition) is 3. The van der Waals surface area contributed by atoms with E-state index >= 15 is 0 Å². The Morgan fingerprint density at radius 1 is 1.20 bits per heavy atom. The van der Waals surface area contributed by atoms with Crippen LogP contribution in [0.5, 0.6) is 0 Å². The first kappa shape index (κ1) is 27.2. The Morgan fingerprint density at radius 2 is 1.93 bits per heavy atom. The summed E-state index contributed by atoms with van der Waals surface area (Å²) in [6, 6.07) is 8.76. The molecular weight excluding hydrogens is 487 g/mol. The summed E-state index contributed by atoms with van der Waals surface area (Å²) in [5.41, 5.74) is 2.75. The summed E-state index contributed by atoms with van der Waals surface area (Å²) in [7, 11) is 2.15. The second kappa shape index (κ2) is 13.5. The Kier molecular flexibility index (Phi) is 12.3. The van der Waals surface area contributed by atoms with Gasteiger partial charge in [0.1, 0.15) is 0 Å². The summed E-state index contributed by atoms with van der Waals surface area (Å²) in [6.45, 7) is 16.5. The molecular formula is C24H43IN4O. The summed E-state index contributed by atoms with van der Waals surface area (Å²) in [5, 5.41) is 6.96. The Bertz CT molecular complexity index is 644. The third-order valence-electron chi connectivity index (χ3n) is 5.58. The molecule has 1 fully saturated rings. The first-order valence-electron chi connectivity index (χ1n) is 11.2. The second-order valence-corrected chi connectivity index (χ2v) is 9.29. The van der Waals surface area contributed by atoms with Gasteiger partial charge >= 0.3 is 0 Å². The normalized spacial score (nSPS) is 20.0. The van der Waals surface area contributed by atoms with Gasteiger partial charge in [-0.25, -0.2) is 4.99 Å². The van der Waals surface area contributed by atoms with Gasteiger partial charge in [-0.1, -0.05) is 52.0 Å². The maximum absolute atomic E-state index is 6.13. The predicted octanol–water partition coefficient (Wildman–Crippen LogP) is 4.65. The number of rotatable bonds is 8. The average Bonchev–Trinajstić information content (AvgIpc) is 2.69. The molecule has 1 heterocycles. The Balaban J connectivity index is 0.00000450. The van der Waals surface area contributed by atoms with E-state index in [2.05, 4.69) is 81.5 Å². The van der Waals surface area contributed by atoms with E-state index in [-0.39, 0.29) is 29.4 Å². The highest BCUT2D eigenvalue weighted by atomic mass is 127. The Labute approximate surface area is 201 Å². The monoisotopic (exact) mass is 530 g/mol. The van der Waals surface area contributed by atoms with Crippen LogP contribution in [0.2, 0.25) is 0 Å². The van der Waals surface area contributed by atoms with Crippen LogP contribution in [-0.2, 0) is 17.8 Å². The molecule has 2 atom stereocenters. The first-order valence-corrected chi connectivity index (χ1v) is 11.2. The van der Waals surface area contributed by atoms with Crippen LogP contribution in [0.25, 0.3) is 0 Å². The number of halogens is 1. The maximum atomic E-state index is 6.13. The average molecular weight is 531 g/mol. The van der Waals surface area contributed by atoms with Crippen molar-refractivity contribution in [1.82, 2.24) is 15.5 Å². The highest BCUT2D eigenvalue weighted by Crippen LogP contribution is 2.33. The van der Waals surface area contributed by atoms with Crippen molar-refractivity contribution in [3.05, 3.63) is 35.4 Å². The van der Waals surface area contributed by atoms with Crippen molar-refractivity contribution in [2.45, 2.75) is 66.7 Å². The number of guanidine groups is 1. The molecule has 2 N–H and O–H groups in total. The van der Waals surface area contributed by atoms with Gasteiger partial charge < -0.3 is 20.3 Å². The highest BCUT2D eigenvalue weighted by Gasteiger charge is 2.35. The molecule has 1 aromatic rings. The third-order valence-corrected chi connectivity index (χ3v) is 5.58. The number of hydrogen-bond donors (Lipinski definition) is 2. The molecule has 1 aliphatic heterocycles. The minimum atomic E-state index is 0. The molecule has 6 heteroatoms. The van der Waals surface area contributed by atoms with Crippen LogP contribution >= 0.6 is 24.0 Å². The van der Waals surface area contributed by atoms with Gasteiger partial charge in [0.15, 0.2) is 5.96 Å². The van der Waals surface area contributed by atoms with Crippen LogP contribution in [0.15, 0.2) is 29.3 Å². The fourth-order valence-electron chi connectivity index (χ4n) is 4.00. The van der Waals surface area contributed by atoms with Crippen LogP contribution < -0.4 is 10.6 Å². The topological polar surface area (TPSA) is 48.9 Å². The molecule has 0 aliphatic carbocycles. The van der Waals surface area contributed by atoms with Gasteiger partial charge in [-0.15, -0.1) is 24.0 Å². The van der Waals surface area contributed by atoms with Gasteiger partial charge in [0.25, 0.3) is 0 Å². The van der Waals surface area contributed by atoms with Crippen molar-refractivity contribution < 1.29 is 4.74 Å². The summed E-state index contributed by atoms with van der Waals surface area (Å²) >= 11 is 0. The van der Waals surface area contributed by atoms with E-state index in [9.17, 15) is 0 Å². The van der Waals surface area contributed by atoms with E-state index < -0.39 is 0 Å². The number of nitrogens with zero attached hydrogens (tertiary/aromatic N) is 2. The number of benzene rings is 1. The first-order chi connectivity index (χ1) is 13.8. The molecule has 30 heavy (non-hydrogen) atoms. The molecule has 2 unspecified atom stereocenters. The third kappa shape index (κ3) is 9.10. The Hall–Kier alpha value is -0.860. The number of nitrogens with one attached hydrogen (secondary N) is 2. The van der Waals surface area contributed by atoms with E-state index in [1.54, 1.807) is 0 Å². The van der Waals surface area contributed by atoms with Crippen molar-refractivity contribution in [2.24, 2.45) is 16.3 Å². The molecule has 0 saturated carbocycles. The summed E-state index contributed by atoms with van der Waals surface area (Å²) in [4.78, 5) is 7.15. The number of ether oxygens (including phenoxy) is 1. The van der Waals surface area contributed by atoms with Crippen LogP contribution in [0.1, 0.15) is 58.6 Å². The number of aliphatic imine (C=N–C) groups is 1. The van der Waals surface area contributed by atoms with Crippen LogP contribution in [0.4, 0.5) is 0 Å². The van der Waals surface area contributed by atoms with E-state index in [1.807, 2.05) is 0 Å². The van der Waals surface area contributed by atoms with E-state index in [4.69, 9.17) is 9.73 Å².